The van der Waals surface area contributed by atoms with Gasteiger partial charge in [-0.1, -0.05) is 40.8 Å². The molecule has 15 heavy (non-hydrogen) atoms. The molecule has 0 aliphatic rings. The number of halogens is 1. The van der Waals surface area contributed by atoms with Crippen molar-refractivity contribution in [3.63, 3.8) is 0 Å². The Morgan fingerprint density at radius 1 is 1.47 bits per heavy atom. The van der Waals surface area contributed by atoms with Gasteiger partial charge < -0.3 is 5.73 Å². The van der Waals surface area contributed by atoms with Crippen molar-refractivity contribution in [3.8, 4) is 0 Å². The van der Waals surface area contributed by atoms with Crippen LogP contribution in [0.25, 0.3) is 0 Å². The largest absolute Gasteiger partial charge is 0.398 e. The Morgan fingerprint density at radius 2 is 2.33 bits per heavy atom. The van der Waals surface area contributed by atoms with Crippen molar-refractivity contribution in [2.75, 3.05) is 5.73 Å². The summed E-state index contributed by atoms with van der Waals surface area (Å²) < 4.78 is 0.962. The van der Waals surface area contributed by atoms with Crippen LogP contribution in [0, 0.1) is 0 Å². The molecule has 0 bridgehead atoms. The van der Waals surface area contributed by atoms with Crippen LogP contribution >= 0.6 is 34.7 Å². The lowest BCUT2D eigenvalue weighted by molar-refractivity contribution is 1.01. The summed E-state index contributed by atoms with van der Waals surface area (Å²) in [5.74, 6) is 0.830. The van der Waals surface area contributed by atoms with E-state index >= 15 is 0 Å². The summed E-state index contributed by atoms with van der Waals surface area (Å²) in [6.07, 6.45) is 0. The van der Waals surface area contributed by atoms with E-state index in [1.165, 1.54) is 11.3 Å². The average Bonchev–Trinajstić information content (AvgIpc) is 2.73. The quantitative estimate of drug-likeness (QED) is 0.678. The van der Waals surface area contributed by atoms with Crippen molar-refractivity contribution >= 4 is 40.4 Å². The SMILES string of the molecule is Nc1cc(CSc2nncs2)ccc1Cl. The molecule has 2 rings (SSSR count). The van der Waals surface area contributed by atoms with E-state index in [1.807, 2.05) is 18.2 Å². The van der Waals surface area contributed by atoms with E-state index in [1.54, 1.807) is 17.3 Å². The Labute approximate surface area is 101 Å². The van der Waals surface area contributed by atoms with Gasteiger partial charge in [0.05, 0.1) is 10.7 Å². The maximum atomic E-state index is 5.83. The molecule has 78 valence electrons. The highest BCUT2D eigenvalue weighted by Crippen LogP contribution is 2.26. The Hall–Kier alpha value is -0.780. The number of nitrogens with two attached hydrogens (primary N) is 1. The van der Waals surface area contributed by atoms with Crippen LogP contribution in [-0.2, 0) is 5.75 Å². The lowest BCUT2D eigenvalue weighted by Gasteiger charge is -2.02. The molecular weight excluding hydrogens is 250 g/mol. The van der Waals surface area contributed by atoms with E-state index in [0.717, 1.165) is 15.7 Å². The van der Waals surface area contributed by atoms with Crippen LogP contribution in [0.15, 0.2) is 28.0 Å². The first-order valence-electron chi connectivity index (χ1n) is 4.18. The predicted octanol–water partition coefficient (Wildman–Crippen LogP) is 3.07. The maximum absolute atomic E-state index is 5.83. The minimum Gasteiger partial charge on any atom is -0.398 e. The van der Waals surface area contributed by atoms with Crippen molar-refractivity contribution < 1.29 is 0 Å². The molecule has 0 unspecified atom stereocenters. The molecule has 0 spiro atoms. The minimum atomic E-state index is 0.597. The number of nitrogens with zero attached hydrogens (tertiary/aromatic N) is 2. The van der Waals surface area contributed by atoms with E-state index in [2.05, 4.69) is 10.2 Å². The minimum absolute atomic E-state index is 0.597. The summed E-state index contributed by atoms with van der Waals surface area (Å²) in [5, 5.41) is 8.31. The van der Waals surface area contributed by atoms with Gasteiger partial charge in [-0.2, -0.15) is 0 Å². The average molecular weight is 258 g/mol. The fourth-order valence-electron chi connectivity index (χ4n) is 1.05. The van der Waals surface area contributed by atoms with Crippen LogP contribution < -0.4 is 5.73 Å². The predicted molar refractivity (Wildman–Crippen MR) is 65.3 cm³/mol. The first kappa shape index (κ1) is 10.7. The van der Waals surface area contributed by atoms with Gasteiger partial charge in [0.25, 0.3) is 0 Å². The number of anilines is 1. The number of thioether (sulfide) groups is 1. The first-order chi connectivity index (χ1) is 7.25. The Kier molecular flexibility index (Phi) is 3.45. The molecule has 0 atom stereocenters. The molecule has 1 aromatic heterocycles. The van der Waals surface area contributed by atoms with Gasteiger partial charge in [0.1, 0.15) is 5.51 Å². The summed E-state index contributed by atoms with van der Waals surface area (Å²) in [4.78, 5) is 0. The smallest absolute Gasteiger partial charge is 0.174 e. The molecule has 3 nitrogen and oxygen atoms in total. The number of rotatable bonds is 3. The van der Waals surface area contributed by atoms with Crippen LogP contribution in [0.1, 0.15) is 5.56 Å². The molecule has 0 aliphatic heterocycles. The summed E-state index contributed by atoms with van der Waals surface area (Å²) in [6.45, 7) is 0. The summed E-state index contributed by atoms with van der Waals surface area (Å²) in [7, 11) is 0. The fourth-order valence-corrected chi connectivity index (χ4v) is 2.60. The molecular formula is C9H8ClN3S2. The van der Waals surface area contributed by atoms with E-state index in [4.69, 9.17) is 17.3 Å². The standard InChI is InChI=1S/C9H8ClN3S2/c10-7-2-1-6(3-8(7)11)4-14-9-13-12-5-15-9/h1-3,5H,4,11H2. The van der Waals surface area contributed by atoms with Gasteiger partial charge in [-0.15, -0.1) is 10.2 Å². The monoisotopic (exact) mass is 257 g/mol. The van der Waals surface area contributed by atoms with Crippen molar-refractivity contribution in [1.82, 2.24) is 10.2 Å². The molecule has 0 radical (unpaired) electrons. The van der Waals surface area contributed by atoms with E-state index in [9.17, 15) is 0 Å². The van der Waals surface area contributed by atoms with E-state index in [0.29, 0.717) is 10.7 Å². The zero-order valence-electron chi connectivity index (χ0n) is 7.68. The normalized spacial score (nSPS) is 10.5. The third-order valence-corrected chi connectivity index (χ3v) is 4.04. The summed E-state index contributed by atoms with van der Waals surface area (Å²) in [5.41, 5.74) is 9.18. The number of benzene rings is 1. The highest BCUT2D eigenvalue weighted by atomic mass is 35.5. The van der Waals surface area contributed by atoms with Crippen LogP contribution in [0.4, 0.5) is 5.69 Å². The molecule has 0 saturated heterocycles. The zero-order chi connectivity index (χ0) is 10.7. The van der Waals surface area contributed by atoms with Gasteiger partial charge in [0.15, 0.2) is 4.34 Å². The molecule has 1 aromatic carbocycles. The van der Waals surface area contributed by atoms with Gasteiger partial charge >= 0.3 is 0 Å². The molecule has 2 aromatic rings. The third-order valence-electron chi connectivity index (χ3n) is 1.76. The van der Waals surface area contributed by atoms with Crippen LogP contribution in [0.2, 0.25) is 5.02 Å². The summed E-state index contributed by atoms with van der Waals surface area (Å²) in [6, 6.07) is 5.66. The van der Waals surface area contributed by atoms with Gasteiger partial charge in [0, 0.05) is 5.75 Å². The van der Waals surface area contributed by atoms with Gasteiger partial charge in [-0.25, -0.2) is 0 Å². The van der Waals surface area contributed by atoms with Crippen molar-refractivity contribution in [2.24, 2.45) is 0 Å². The summed E-state index contributed by atoms with van der Waals surface area (Å²) >= 11 is 9.00. The number of aromatic nitrogens is 2. The second kappa shape index (κ2) is 4.83. The second-order valence-electron chi connectivity index (χ2n) is 2.85. The van der Waals surface area contributed by atoms with Crippen LogP contribution in [-0.4, -0.2) is 10.2 Å². The van der Waals surface area contributed by atoms with E-state index < -0.39 is 0 Å². The number of hydrogen-bond acceptors (Lipinski definition) is 5. The zero-order valence-corrected chi connectivity index (χ0v) is 10.1. The molecule has 0 aliphatic carbocycles. The third kappa shape index (κ3) is 2.84. The second-order valence-corrected chi connectivity index (χ2v) is 5.31. The Morgan fingerprint density at radius 3 is 3.00 bits per heavy atom. The molecule has 0 amide bonds. The highest BCUT2D eigenvalue weighted by Gasteiger charge is 2.01. The van der Waals surface area contributed by atoms with Gasteiger partial charge in [0.2, 0.25) is 0 Å². The van der Waals surface area contributed by atoms with Crippen molar-refractivity contribution in [1.29, 1.82) is 0 Å². The van der Waals surface area contributed by atoms with E-state index in [-0.39, 0.29) is 0 Å². The molecule has 0 fully saturated rings. The van der Waals surface area contributed by atoms with Crippen molar-refractivity contribution in [2.45, 2.75) is 10.1 Å². The number of nitrogen functional groups attached to an aromatic ring is 1. The van der Waals surface area contributed by atoms with Gasteiger partial charge in [-0.05, 0) is 17.7 Å². The van der Waals surface area contributed by atoms with Crippen molar-refractivity contribution in [3.05, 3.63) is 34.3 Å². The van der Waals surface area contributed by atoms with Crippen LogP contribution in [0.5, 0.6) is 0 Å². The molecule has 6 heteroatoms. The topological polar surface area (TPSA) is 51.8 Å². The molecule has 1 heterocycles. The van der Waals surface area contributed by atoms with Gasteiger partial charge in [-0.3, -0.25) is 0 Å². The maximum Gasteiger partial charge on any atom is 0.174 e. The lowest BCUT2D eigenvalue weighted by Crippen LogP contribution is -1.88. The molecule has 2 N–H and O–H groups in total. The lowest BCUT2D eigenvalue weighted by atomic mass is 10.2. The Balaban J connectivity index is 2.02. The molecule has 0 saturated carbocycles. The first-order valence-corrected chi connectivity index (χ1v) is 6.43. The van der Waals surface area contributed by atoms with Crippen LogP contribution in [0.3, 0.4) is 0 Å². The number of hydrogen-bond donors (Lipinski definition) is 1. The Bertz CT molecular complexity index is 445. The highest BCUT2D eigenvalue weighted by molar-refractivity contribution is 8.00. The fraction of sp³-hybridized carbons (Fsp3) is 0.111.